The van der Waals surface area contributed by atoms with E-state index in [9.17, 15) is 5.11 Å². The maximum Gasteiger partial charge on any atom is 0.0834 e. The first-order valence-corrected chi connectivity index (χ1v) is 6.11. The second kappa shape index (κ2) is 5.31. The van der Waals surface area contributed by atoms with Crippen molar-refractivity contribution < 1.29 is 5.11 Å². The predicted octanol–water partition coefficient (Wildman–Crippen LogP) is 0.842. The van der Waals surface area contributed by atoms with Crippen LogP contribution in [0.4, 0.5) is 0 Å². The first-order valence-electron chi connectivity index (χ1n) is 5.73. The molecule has 1 aromatic rings. The lowest BCUT2D eigenvalue weighted by Gasteiger charge is -2.21. The van der Waals surface area contributed by atoms with E-state index in [2.05, 4.69) is 14.8 Å². The highest BCUT2D eigenvalue weighted by molar-refractivity contribution is 6.31. The van der Waals surface area contributed by atoms with Gasteiger partial charge in [0, 0.05) is 48.7 Å². The minimum absolute atomic E-state index is 0.199. The Bertz CT molecular complexity index is 386. The van der Waals surface area contributed by atoms with Crippen molar-refractivity contribution in [1.29, 1.82) is 0 Å². The van der Waals surface area contributed by atoms with Gasteiger partial charge in [-0.1, -0.05) is 11.6 Å². The quantitative estimate of drug-likeness (QED) is 0.869. The number of aromatic nitrogens is 1. The van der Waals surface area contributed by atoms with Gasteiger partial charge in [-0.15, -0.1) is 0 Å². The molecule has 1 saturated heterocycles. The number of hydrogen-bond donors (Lipinski definition) is 1. The minimum atomic E-state index is -0.291. The smallest absolute Gasteiger partial charge is 0.0834 e. The molecule has 1 aliphatic rings. The summed E-state index contributed by atoms with van der Waals surface area (Å²) in [5.41, 5.74) is 1.01. The first kappa shape index (κ1) is 12.8. The van der Waals surface area contributed by atoms with Gasteiger partial charge in [0.25, 0.3) is 0 Å². The highest BCUT2D eigenvalue weighted by atomic mass is 35.5. The molecule has 1 aromatic heterocycles. The molecule has 1 N–H and O–H groups in total. The second-order valence-corrected chi connectivity index (χ2v) is 5.17. The molecule has 94 valence electrons. The number of likely N-dealkylation sites (tertiary alicyclic amines) is 1. The molecule has 0 aromatic carbocycles. The Morgan fingerprint density at radius 1 is 1.53 bits per heavy atom. The van der Waals surface area contributed by atoms with Crippen molar-refractivity contribution in [2.45, 2.75) is 18.7 Å². The number of rotatable bonds is 3. The number of halogens is 1. The molecule has 1 fully saturated rings. The Kier molecular flexibility index (Phi) is 3.99. The molecule has 2 rings (SSSR count). The molecule has 0 unspecified atom stereocenters. The third kappa shape index (κ3) is 2.96. The average molecular weight is 256 g/mol. The molecule has 5 heteroatoms. The summed E-state index contributed by atoms with van der Waals surface area (Å²) in [5, 5.41) is 10.7. The van der Waals surface area contributed by atoms with Gasteiger partial charge in [-0.25, -0.2) is 0 Å². The molecule has 0 aliphatic carbocycles. The molecule has 17 heavy (non-hydrogen) atoms. The van der Waals surface area contributed by atoms with E-state index in [4.69, 9.17) is 11.6 Å². The predicted molar refractivity (Wildman–Crippen MR) is 68.0 cm³/mol. The number of aliphatic hydroxyl groups is 1. The summed E-state index contributed by atoms with van der Waals surface area (Å²) >= 11 is 6.10. The van der Waals surface area contributed by atoms with E-state index in [0.717, 1.165) is 23.7 Å². The van der Waals surface area contributed by atoms with E-state index in [0.29, 0.717) is 6.54 Å². The van der Waals surface area contributed by atoms with Crippen molar-refractivity contribution >= 4 is 11.6 Å². The zero-order chi connectivity index (χ0) is 12.4. The van der Waals surface area contributed by atoms with E-state index < -0.39 is 0 Å². The Morgan fingerprint density at radius 2 is 2.29 bits per heavy atom. The first-order chi connectivity index (χ1) is 8.08. The van der Waals surface area contributed by atoms with E-state index in [-0.39, 0.29) is 12.1 Å². The summed E-state index contributed by atoms with van der Waals surface area (Å²) in [7, 11) is 3.99. The Hall–Kier alpha value is -0.680. The van der Waals surface area contributed by atoms with Crippen LogP contribution in [-0.4, -0.2) is 59.2 Å². The van der Waals surface area contributed by atoms with Crippen LogP contribution >= 0.6 is 11.6 Å². The van der Waals surface area contributed by atoms with Gasteiger partial charge < -0.3 is 10.0 Å². The highest BCUT2D eigenvalue weighted by Gasteiger charge is 2.32. The summed E-state index contributed by atoms with van der Waals surface area (Å²) in [6, 6.07) is 2.00. The van der Waals surface area contributed by atoms with Gasteiger partial charge in [-0.05, 0) is 20.2 Å². The molecule has 1 aliphatic heterocycles. The molecule has 4 nitrogen and oxygen atoms in total. The molecule has 2 heterocycles. The largest absolute Gasteiger partial charge is 0.390 e. The van der Waals surface area contributed by atoms with Gasteiger partial charge in [-0.3, -0.25) is 9.88 Å². The van der Waals surface area contributed by atoms with Crippen LogP contribution in [0.5, 0.6) is 0 Å². The summed E-state index contributed by atoms with van der Waals surface area (Å²) in [6.45, 7) is 2.29. The van der Waals surface area contributed by atoms with Crippen molar-refractivity contribution in [1.82, 2.24) is 14.8 Å². The van der Waals surface area contributed by atoms with Crippen LogP contribution in [0.3, 0.4) is 0 Å². The monoisotopic (exact) mass is 255 g/mol. The number of likely N-dealkylation sites (N-methyl/N-ethyl adjacent to an activating group) is 1. The Labute approximate surface area is 107 Å². The van der Waals surface area contributed by atoms with Crippen LogP contribution in [0.2, 0.25) is 5.02 Å². The third-order valence-corrected chi connectivity index (χ3v) is 3.60. The van der Waals surface area contributed by atoms with Gasteiger partial charge in [0.2, 0.25) is 0 Å². The number of pyridine rings is 1. The van der Waals surface area contributed by atoms with Crippen molar-refractivity contribution in [2.24, 2.45) is 0 Å². The number of nitrogens with zero attached hydrogens (tertiary/aromatic N) is 3. The summed E-state index contributed by atoms with van der Waals surface area (Å²) < 4.78 is 0. The van der Waals surface area contributed by atoms with E-state index in [1.54, 1.807) is 18.5 Å². The van der Waals surface area contributed by atoms with Crippen LogP contribution in [0.15, 0.2) is 18.5 Å². The molecular weight excluding hydrogens is 238 g/mol. The minimum Gasteiger partial charge on any atom is -0.390 e. The van der Waals surface area contributed by atoms with Gasteiger partial charge in [0.05, 0.1) is 6.10 Å². The molecular formula is C12H18ClN3O. The standard InChI is InChI=1S/C12H18ClN3O/c1-15(2)11-7-16(8-12(11)17)6-9-5-14-4-3-10(9)13/h3-5,11-12,17H,6-8H2,1-2H3/t11-,12-/m0/s1. The third-order valence-electron chi connectivity index (χ3n) is 3.24. The van der Waals surface area contributed by atoms with Gasteiger partial charge in [0.15, 0.2) is 0 Å². The fraction of sp³-hybridized carbons (Fsp3) is 0.583. The fourth-order valence-electron chi connectivity index (χ4n) is 2.25. The molecule has 0 amide bonds. The number of aliphatic hydroxyl groups excluding tert-OH is 1. The summed E-state index contributed by atoms with van der Waals surface area (Å²) in [6.07, 6.45) is 3.19. The van der Waals surface area contributed by atoms with Crippen molar-refractivity contribution in [2.75, 3.05) is 27.2 Å². The topological polar surface area (TPSA) is 39.6 Å². The fourth-order valence-corrected chi connectivity index (χ4v) is 2.42. The van der Waals surface area contributed by atoms with Crippen molar-refractivity contribution in [3.8, 4) is 0 Å². The lowest BCUT2D eigenvalue weighted by atomic mass is 10.2. The maximum atomic E-state index is 9.95. The molecule has 2 atom stereocenters. The number of hydrogen-bond acceptors (Lipinski definition) is 4. The lowest BCUT2D eigenvalue weighted by Crippen LogP contribution is -2.37. The number of β-amino-alcohol motifs (C(OH)–C–C–N with tert-alkyl or cyclic N) is 1. The van der Waals surface area contributed by atoms with E-state index in [1.807, 2.05) is 14.1 Å². The van der Waals surface area contributed by atoms with Crippen molar-refractivity contribution in [3.63, 3.8) is 0 Å². The zero-order valence-electron chi connectivity index (χ0n) is 10.2. The summed E-state index contributed by atoms with van der Waals surface area (Å²) in [5.74, 6) is 0. The van der Waals surface area contributed by atoms with Crippen LogP contribution in [0, 0.1) is 0 Å². The SMILES string of the molecule is CN(C)[C@H]1CN(Cc2cnccc2Cl)C[C@@H]1O. The maximum absolute atomic E-state index is 9.95. The molecule has 0 bridgehead atoms. The van der Waals surface area contributed by atoms with Gasteiger partial charge in [-0.2, -0.15) is 0 Å². The van der Waals surface area contributed by atoms with Crippen LogP contribution in [0.25, 0.3) is 0 Å². The van der Waals surface area contributed by atoms with Gasteiger partial charge in [0.1, 0.15) is 0 Å². The van der Waals surface area contributed by atoms with Crippen LogP contribution in [0.1, 0.15) is 5.56 Å². The Balaban J connectivity index is 2.00. The highest BCUT2D eigenvalue weighted by Crippen LogP contribution is 2.20. The molecule has 0 radical (unpaired) electrons. The zero-order valence-corrected chi connectivity index (χ0v) is 10.9. The molecule has 0 spiro atoms. The molecule has 0 saturated carbocycles. The van der Waals surface area contributed by atoms with Crippen LogP contribution < -0.4 is 0 Å². The average Bonchev–Trinajstić information content (AvgIpc) is 2.63. The lowest BCUT2D eigenvalue weighted by molar-refractivity contribution is 0.112. The summed E-state index contributed by atoms with van der Waals surface area (Å²) in [4.78, 5) is 8.35. The van der Waals surface area contributed by atoms with E-state index >= 15 is 0 Å². The van der Waals surface area contributed by atoms with Gasteiger partial charge >= 0.3 is 0 Å². The van der Waals surface area contributed by atoms with Crippen LogP contribution in [-0.2, 0) is 6.54 Å². The van der Waals surface area contributed by atoms with Crippen molar-refractivity contribution in [3.05, 3.63) is 29.0 Å². The van der Waals surface area contributed by atoms with E-state index in [1.165, 1.54) is 0 Å². The normalized spacial score (nSPS) is 25.7. The Morgan fingerprint density at radius 3 is 2.88 bits per heavy atom. The second-order valence-electron chi connectivity index (χ2n) is 4.76.